The van der Waals surface area contributed by atoms with E-state index in [4.69, 9.17) is 0 Å². The van der Waals surface area contributed by atoms with E-state index in [-0.39, 0.29) is 0 Å². The van der Waals surface area contributed by atoms with E-state index >= 15 is 0 Å². The van der Waals surface area contributed by atoms with Gasteiger partial charge in [0.1, 0.15) is 0 Å². The summed E-state index contributed by atoms with van der Waals surface area (Å²) in [4.78, 5) is 0. The van der Waals surface area contributed by atoms with E-state index in [1.54, 1.807) is 0 Å². The van der Waals surface area contributed by atoms with Crippen molar-refractivity contribution in [1.82, 2.24) is 0 Å². The Labute approximate surface area is 138 Å². The normalized spacial score (nSPS) is 15.1. The summed E-state index contributed by atoms with van der Waals surface area (Å²) in [5.74, 6) is 0.569. The first-order valence-corrected chi connectivity index (χ1v) is 9.56. The van der Waals surface area contributed by atoms with Gasteiger partial charge in [-0.15, -0.1) is 0 Å². The number of aliphatic hydroxyl groups is 1. The van der Waals surface area contributed by atoms with Crippen LogP contribution in [0.1, 0.15) is 96.8 Å². The lowest BCUT2D eigenvalue weighted by molar-refractivity contribution is 0.385. The maximum absolute atomic E-state index is 9.50. The van der Waals surface area contributed by atoms with Crippen molar-refractivity contribution in [3.05, 3.63) is 35.6 Å². The quantitative estimate of drug-likeness (QED) is 0.277. The van der Waals surface area contributed by atoms with Gasteiger partial charge in [-0.25, -0.2) is 0 Å². The number of unbranched alkanes of at least 4 members (excludes halogenated alkanes) is 9. The molecule has 0 unspecified atom stereocenters. The first-order chi connectivity index (χ1) is 10.8. The van der Waals surface area contributed by atoms with Gasteiger partial charge >= 0.3 is 0 Å². The van der Waals surface area contributed by atoms with Gasteiger partial charge < -0.3 is 5.11 Å². The predicted molar refractivity (Wildman–Crippen MR) is 98.2 cm³/mol. The van der Waals surface area contributed by atoms with Crippen LogP contribution < -0.4 is 0 Å². The maximum atomic E-state index is 9.50. The second-order valence-corrected chi connectivity index (χ2v) is 6.58. The van der Waals surface area contributed by atoms with Crippen LogP contribution in [0.5, 0.6) is 0 Å². The summed E-state index contributed by atoms with van der Waals surface area (Å²) >= 11 is 0. The molecule has 1 aliphatic rings. The highest BCUT2D eigenvalue weighted by Crippen LogP contribution is 2.20. The predicted octanol–water partition coefficient (Wildman–Crippen LogP) is 7.41. The lowest BCUT2D eigenvalue weighted by Gasteiger charge is -2.09. The van der Waals surface area contributed by atoms with Crippen molar-refractivity contribution in [3.8, 4) is 0 Å². The van der Waals surface area contributed by atoms with Gasteiger partial charge in [-0.3, -0.25) is 0 Å². The van der Waals surface area contributed by atoms with Crippen molar-refractivity contribution < 1.29 is 5.11 Å². The number of hydrogen-bond donors (Lipinski definition) is 1. The van der Waals surface area contributed by atoms with Crippen LogP contribution in [0, 0.1) is 0 Å². The van der Waals surface area contributed by atoms with Gasteiger partial charge in [0.05, 0.1) is 5.76 Å². The first kappa shape index (κ1) is 19.1. The molecular formula is C21H36O. The third-order valence-electron chi connectivity index (χ3n) is 4.39. The molecule has 22 heavy (non-hydrogen) atoms. The Kier molecular flexibility index (Phi) is 11.8. The van der Waals surface area contributed by atoms with E-state index in [9.17, 15) is 5.11 Å². The monoisotopic (exact) mass is 304 g/mol. The minimum Gasteiger partial charge on any atom is -0.512 e. The number of rotatable bonds is 13. The van der Waals surface area contributed by atoms with Crippen molar-refractivity contribution in [3.63, 3.8) is 0 Å². The molecule has 0 bridgehead atoms. The SMILES string of the molecule is CCCCCC/C=C/CCCCCCCC1=CCCC(O)=C1. The van der Waals surface area contributed by atoms with Crippen molar-refractivity contribution in [2.45, 2.75) is 96.8 Å². The zero-order valence-electron chi connectivity index (χ0n) is 14.7. The molecule has 0 spiro atoms. The molecule has 1 rings (SSSR count). The molecule has 126 valence electrons. The molecule has 0 fully saturated rings. The van der Waals surface area contributed by atoms with E-state index in [0.717, 1.165) is 19.3 Å². The van der Waals surface area contributed by atoms with Gasteiger partial charge in [-0.2, -0.15) is 0 Å². The van der Waals surface area contributed by atoms with Gasteiger partial charge in [0.25, 0.3) is 0 Å². The number of hydrogen-bond acceptors (Lipinski definition) is 1. The molecule has 1 aliphatic carbocycles. The topological polar surface area (TPSA) is 20.2 Å². The van der Waals surface area contributed by atoms with Crippen LogP contribution in [0.3, 0.4) is 0 Å². The molecule has 1 heteroatoms. The Bertz CT molecular complexity index is 349. The molecular weight excluding hydrogens is 268 g/mol. The molecule has 0 radical (unpaired) electrons. The Hall–Kier alpha value is -0.980. The van der Waals surface area contributed by atoms with Crippen LogP contribution in [0.2, 0.25) is 0 Å². The van der Waals surface area contributed by atoms with Crippen molar-refractivity contribution in [1.29, 1.82) is 0 Å². The maximum Gasteiger partial charge on any atom is 0.0928 e. The van der Waals surface area contributed by atoms with Gasteiger partial charge in [0.15, 0.2) is 0 Å². The number of aliphatic hydroxyl groups excluding tert-OH is 1. The molecule has 0 aromatic heterocycles. The van der Waals surface area contributed by atoms with E-state index in [2.05, 4.69) is 25.2 Å². The third-order valence-corrected chi connectivity index (χ3v) is 4.39. The second kappa shape index (κ2) is 13.7. The van der Waals surface area contributed by atoms with Crippen molar-refractivity contribution >= 4 is 0 Å². The molecule has 0 aromatic carbocycles. The Morgan fingerprint density at radius 1 is 0.909 bits per heavy atom. The average Bonchev–Trinajstić information content (AvgIpc) is 2.52. The molecule has 0 saturated carbocycles. The Morgan fingerprint density at radius 3 is 2.23 bits per heavy atom. The highest BCUT2D eigenvalue weighted by atomic mass is 16.3. The molecule has 0 heterocycles. The zero-order chi connectivity index (χ0) is 15.9. The molecule has 0 amide bonds. The van der Waals surface area contributed by atoms with E-state index in [0.29, 0.717) is 5.76 Å². The lowest BCUT2D eigenvalue weighted by atomic mass is 9.99. The molecule has 1 N–H and O–H groups in total. The molecule has 0 atom stereocenters. The summed E-state index contributed by atoms with van der Waals surface area (Å²) in [5, 5.41) is 9.50. The fraction of sp³-hybridized carbons (Fsp3) is 0.714. The van der Waals surface area contributed by atoms with Crippen LogP contribution in [0.25, 0.3) is 0 Å². The standard InChI is InChI=1S/C21H36O/c1-2-3-4-5-6-7-8-9-10-11-12-13-14-16-20-17-15-18-21(22)19-20/h7-8,17,19,22H,2-6,9-16,18H2,1H3/b8-7+. The third kappa shape index (κ3) is 10.7. The van der Waals surface area contributed by atoms with Crippen LogP contribution in [0.15, 0.2) is 35.6 Å². The molecule has 1 nitrogen and oxygen atoms in total. The molecule has 0 aliphatic heterocycles. The van der Waals surface area contributed by atoms with Gasteiger partial charge in [-0.1, -0.05) is 63.7 Å². The largest absolute Gasteiger partial charge is 0.512 e. The summed E-state index contributed by atoms with van der Waals surface area (Å²) in [6.07, 6.45) is 26.7. The van der Waals surface area contributed by atoms with E-state index in [1.165, 1.54) is 76.2 Å². The summed E-state index contributed by atoms with van der Waals surface area (Å²) in [5.41, 5.74) is 1.34. The zero-order valence-corrected chi connectivity index (χ0v) is 14.7. The molecule has 0 saturated heterocycles. The van der Waals surface area contributed by atoms with Gasteiger partial charge in [-0.05, 0) is 56.6 Å². The first-order valence-electron chi connectivity index (χ1n) is 9.56. The average molecular weight is 305 g/mol. The second-order valence-electron chi connectivity index (χ2n) is 6.58. The Balaban J connectivity index is 1.84. The van der Waals surface area contributed by atoms with E-state index < -0.39 is 0 Å². The van der Waals surface area contributed by atoms with Gasteiger partial charge in [0.2, 0.25) is 0 Å². The van der Waals surface area contributed by atoms with Gasteiger partial charge in [0, 0.05) is 6.42 Å². The van der Waals surface area contributed by atoms with E-state index in [1.807, 2.05) is 6.08 Å². The molecule has 0 aromatic rings. The van der Waals surface area contributed by atoms with Crippen LogP contribution in [0.4, 0.5) is 0 Å². The van der Waals surface area contributed by atoms with Crippen LogP contribution >= 0.6 is 0 Å². The summed E-state index contributed by atoms with van der Waals surface area (Å²) in [6, 6.07) is 0. The van der Waals surface area contributed by atoms with Crippen molar-refractivity contribution in [2.24, 2.45) is 0 Å². The summed E-state index contributed by atoms with van der Waals surface area (Å²) in [6.45, 7) is 2.27. The van der Waals surface area contributed by atoms with Crippen LogP contribution in [-0.4, -0.2) is 5.11 Å². The number of allylic oxidation sites excluding steroid dienone is 6. The fourth-order valence-corrected chi connectivity index (χ4v) is 2.97. The minimum absolute atomic E-state index is 0.569. The van der Waals surface area contributed by atoms with Crippen molar-refractivity contribution in [2.75, 3.05) is 0 Å². The smallest absolute Gasteiger partial charge is 0.0928 e. The van der Waals surface area contributed by atoms with Crippen LogP contribution in [-0.2, 0) is 0 Å². The minimum atomic E-state index is 0.569. The highest BCUT2D eigenvalue weighted by molar-refractivity contribution is 5.24. The Morgan fingerprint density at radius 2 is 1.55 bits per heavy atom. The summed E-state index contributed by atoms with van der Waals surface area (Å²) < 4.78 is 0. The fourth-order valence-electron chi connectivity index (χ4n) is 2.97. The highest BCUT2D eigenvalue weighted by Gasteiger charge is 2.03. The lowest BCUT2D eigenvalue weighted by Crippen LogP contribution is -1.92. The summed E-state index contributed by atoms with van der Waals surface area (Å²) in [7, 11) is 0.